The van der Waals surface area contributed by atoms with Gasteiger partial charge in [-0.2, -0.15) is 0 Å². The van der Waals surface area contributed by atoms with Gasteiger partial charge in [-0.1, -0.05) is 13.8 Å². The zero-order valence-electron chi connectivity index (χ0n) is 14.2. The Labute approximate surface area is 119 Å². The summed E-state index contributed by atoms with van der Waals surface area (Å²) in [6, 6.07) is 0. The van der Waals surface area contributed by atoms with E-state index in [2.05, 4.69) is 61.1 Å². The summed E-state index contributed by atoms with van der Waals surface area (Å²) in [5.41, 5.74) is 5.99. The fourth-order valence-electron chi connectivity index (χ4n) is 2.77. The number of aromatic nitrogens is 1. The number of rotatable bonds is 6. The van der Waals surface area contributed by atoms with Gasteiger partial charge in [-0.3, -0.25) is 0 Å². The molecule has 0 saturated carbocycles. The third-order valence-electron chi connectivity index (χ3n) is 3.37. The summed E-state index contributed by atoms with van der Waals surface area (Å²) in [7, 11) is 13.5. The molecule has 3 heteroatoms. The van der Waals surface area contributed by atoms with Gasteiger partial charge >= 0.3 is 0 Å². The molecule has 110 valence electrons. The minimum Gasteiger partial charge on any atom is -0.353 e. The molecule has 0 aromatic carbocycles. The van der Waals surface area contributed by atoms with Gasteiger partial charge in [0.05, 0.1) is 53.7 Å². The minimum absolute atomic E-state index is 0.973. The highest BCUT2D eigenvalue weighted by molar-refractivity contribution is 5.37. The Morgan fingerprint density at radius 3 is 1.21 bits per heavy atom. The normalized spacial score (nSPS) is 13.1. The third kappa shape index (κ3) is 4.66. The molecule has 0 radical (unpaired) electrons. The molecule has 0 saturated heterocycles. The lowest BCUT2D eigenvalue weighted by Crippen LogP contribution is -2.34. The Morgan fingerprint density at radius 2 is 1.00 bits per heavy atom. The Bertz CT molecular complexity index is 378. The summed E-state index contributed by atoms with van der Waals surface area (Å²) in [5, 5.41) is 0. The van der Waals surface area contributed by atoms with Crippen molar-refractivity contribution in [3.8, 4) is 0 Å². The number of quaternary nitrogens is 2. The fraction of sp³-hybridized carbons (Fsp3) is 0.750. The number of nitrogens with zero attached hydrogens (tertiary/aromatic N) is 2. The van der Waals surface area contributed by atoms with E-state index in [0.717, 1.165) is 34.9 Å². The predicted molar refractivity (Wildman–Crippen MR) is 83.0 cm³/mol. The molecule has 1 N–H and O–H groups in total. The quantitative estimate of drug-likeness (QED) is 0.763. The van der Waals surface area contributed by atoms with Crippen LogP contribution in [0.2, 0.25) is 0 Å². The topological polar surface area (TPSA) is 15.8 Å². The maximum atomic E-state index is 3.73. The van der Waals surface area contributed by atoms with E-state index in [1.54, 1.807) is 11.1 Å². The van der Waals surface area contributed by atoms with Crippen molar-refractivity contribution >= 4 is 0 Å². The molecule has 1 aromatic rings. The molecule has 1 rings (SSSR count). The number of hydrogen-bond donors (Lipinski definition) is 1. The molecule has 0 amide bonds. The van der Waals surface area contributed by atoms with Crippen LogP contribution < -0.4 is 0 Å². The number of H-pyrrole nitrogens is 1. The Balaban J connectivity index is 3.19. The van der Waals surface area contributed by atoms with Gasteiger partial charge in [-0.15, -0.1) is 0 Å². The van der Waals surface area contributed by atoms with Crippen LogP contribution in [0, 0.1) is 0 Å². The largest absolute Gasteiger partial charge is 0.353 e. The lowest BCUT2D eigenvalue weighted by molar-refractivity contribution is -0.885. The second kappa shape index (κ2) is 5.68. The summed E-state index contributed by atoms with van der Waals surface area (Å²) in [4.78, 5) is 3.73. The van der Waals surface area contributed by atoms with Gasteiger partial charge in [-0.25, -0.2) is 0 Å². The summed E-state index contributed by atoms with van der Waals surface area (Å²) < 4.78 is 1.95. The molecule has 0 aliphatic carbocycles. The average Bonchev–Trinajstić information content (AvgIpc) is 2.49. The first-order chi connectivity index (χ1) is 8.57. The molecule has 0 atom stereocenters. The molecule has 0 spiro atoms. The highest BCUT2D eigenvalue weighted by Gasteiger charge is 2.22. The van der Waals surface area contributed by atoms with Gasteiger partial charge in [-0.05, 0) is 24.0 Å². The summed E-state index contributed by atoms with van der Waals surface area (Å²) in [6.07, 6.45) is 2.26. The smallest absolute Gasteiger partial charge is 0.119 e. The SMILES string of the molecule is CCc1c(C[N+](C)(C)C)[nH]c(C[N+](C)(C)C)c1CC. The van der Waals surface area contributed by atoms with Crippen LogP contribution in [0.4, 0.5) is 0 Å². The first kappa shape index (κ1) is 16.3. The molecular formula is C16H33N3+2. The van der Waals surface area contributed by atoms with Gasteiger partial charge in [0.15, 0.2) is 0 Å². The van der Waals surface area contributed by atoms with Gasteiger partial charge in [0, 0.05) is 0 Å². The van der Waals surface area contributed by atoms with E-state index in [9.17, 15) is 0 Å². The second-order valence-electron chi connectivity index (χ2n) is 7.64. The molecule has 3 nitrogen and oxygen atoms in total. The van der Waals surface area contributed by atoms with Crippen LogP contribution >= 0.6 is 0 Å². The molecule has 0 aliphatic rings. The van der Waals surface area contributed by atoms with Gasteiger partial charge in [0.25, 0.3) is 0 Å². The molecule has 0 aliphatic heterocycles. The van der Waals surface area contributed by atoms with Gasteiger partial charge in [0.2, 0.25) is 0 Å². The van der Waals surface area contributed by atoms with Crippen molar-refractivity contribution in [3.05, 3.63) is 22.5 Å². The molecular weight excluding hydrogens is 234 g/mol. The number of hydrogen-bond acceptors (Lipinski definition) is 0. The molecule has 19 heavy (non-hydrogen) atoms. The van der Waals surface area contributed by atoms with Crippen molar-refractivity contribution in [2.24, 2.45) is 0 Å². The fourth-order valence-corrected chi connectivity index (χ4v) is 2.77. The lowest BCUT2D eigenvalue weighted by Gasteiger charge is -2.24. The molecule has 0 fully saturated rings. The number of aromatic amines is 1. The molecule has 0 bridgehead atoms. The standard InChI is InChI=1S/C16H33N3/c1-9-13-14(10-2)16(12-19(6,7)8)17-15(13)11-18(3,4)5/h17H,9-12H2,1-8H3/q+2. The van der Waals surface area contributed by atoms with Crippen LogP contribution in [0.1, 0.15) is 36.4 Å². The van der Waals surface area contributed by atoms with Gasteiger partial charge < -0.3 is 14.0 Å². The first-order valence-electron chi connectivity index (χ1n) is 7.39. The second-order valence-corrected chi connectivity index (χ2v) is 7.64. The van der Waals surface area contributed by atoms with E-state index in [1.165, 1.54) is 11.4 Å². The molecule has 1 aromatic heterocycles. The Morgan fingerprint density at radius 1 is 0.684 bits per heavy atom. The summed E-state index contributed by atoms with van der Waals surface area (Å²) >= 11 is 0. The molecule has 1 heterocycles. The Hall–Kier alpha value is -0.800. The van der Waals surface area contributed by atoms with Crippen molar-refractivity contribution in [1.82, 2.24) is 4.98 Å². The van der Waals surface area contributed by atoms with Crippen LogP contribution in [-0.2, 0) is 25.9 Å². The minimum atomic E-state index is 0.973. The maximum Gasteiger partial charge on any atom is 0.119 e. The van der Waals surface area contributed by atoms with E-state index in [-0.39, 0.29) is 0 Å². The average molecular weight is 267 g/mol. The highest BCUT2D eigenvalue weighted by Crippen LogP contribution is 2.24. The van der Waals surface area contributed by atoms with E-state index in [0.29, 0.717) is 0 Å². The van der Waals surface area contributed by atoms with Crippen LogP contribution in [0.3, 0.4) is 0 Å². The van der Waals surface area contributed by atoms with Gasteiger partial charge in [0.1, 0.15) is 13.1 Å². The predicted octanol–water partition coefficient (Wildman–Crippen LogP) is 2.55. The highest BCUT2D eigenvalue weighted by atomic mass is 15.3. The number of nitrogens with one attached hydrogen (secondary N) is 1. The van der Waals surface area contributed by atoms with Crippen molar-refractivity contribution in [2.75, 3.05) is 42.3 Å². The van der Waals surface area contributed by atoms with E-state index >= 15 is 0 Å². The third-order valence-corrected chi connectivity index (χ3v) is 3.37. The maximum absolute atomic E-state index is 3.73. The molecule has 0 unspecified atom stereocenters. The van der Waals surface area contributed by atoms with Crippen LogP contribution in [0.25, 0.3) is 0 Å². The van der Waals surface area contributed by atoms with E-state index in [4.69, 9.17) is 0 Å². The lowest BCUT2D eigenvalue weighted by atomic mass is 10.0. The Kier molecular flexibility index (Phi) is 4.86. The van der Waals surface area contributed by atoms with Crippen LogP contribution in [-0.4, -0.2) is 56.2 Å². The van der Waals surface area contributed by atoms with Crippen molar-refractivity contribution in [2.45, 2.75) is 39.8 Å². The van der Waals surface area contributed by atoms with Crippen LogP contribution in [0.5, 0.6) is 0 Å². The summed E-state index contributed by atoms with van der Waals surface area (Å²) in [6.45, 7) is 6.70. The monoisotopic (exact) mass is 267 g/mol. The zero-order valence-corrected chi connectivity index (χ0v) is 14.2. The first-order valence-corrected chi connectivity index (χ1v) is 7.39. The zero-order chi connectivity index (χ0) is 14.8. The van der Waals surface area contributed by atoms with Crippen molar-refractivity contribution < 1.29 is 8.97 Å². The van der Waals surface area contributed by atoms with E-state index < -0.39 is 0 Å². The van der Waals surface area contributed by atoms with E-state index in [1.807, 2.05) is 0 Å². The van der Waals surface area contributed by atoms with Crippen molar-refractivity contribution in [1.29, 1.82) is 0 Å². The van der Waals surface area contributed by atoms with Crippen LogP contribution in [0.15, 0.2) is 0 Å². The summed E-state index contributed by atoms with van der Waals surface area (Å²) in [5.74, 6) is 0. The van der Waals surface area contributed by atoms with Crippen molar-refractivity contribution in [3.63, 3.8) is 0 Å².